The van der Waals surface area contributed by atoms with Crippen LogP contribution in [0.4, 0.5) is 4.79 Å². The highest BCUT2D eigenvalue weighted by Crippen LogP contribution is 2.19. The van der Waals surface area contributed by atoms with E-state index in [2.05, 4.69) is 15.5 Å². The van der Waals surface area contributed by atoms with E-state index in [1.54, 1.807) is 0 Å². The van der Waals surface area contributed by atoms with Gasteiger partial charge in [0.25, 0.3) is 0 Å². The minimum Gasteiger partial charge on any atom is -0.444 e. The number of nitrogens with zero attached hydrogens (tertiary/aromatic N) is 1. The van der Waals surface area contributed by atoms with Crippen molar-refractivity contribution in [1.29, 1.82) is 0 Å². The lowest BCUT2D eigenvalue weighted by Crippen LogP contribution is -2.39. The van der Waals surface area contributed by atoms with E-state index in [0.717, 1.165) is 45.6 Å². The van der Waals surface area contributed by atoms with Crippen LogP contribution < -0.4 is 10.6 Å². The van der Waals surface area contributed by atoms with Gasteiger partial charge in [0.15, 0.2) is 0 Å². The molecule has 22 heavy (non-hydrogen) atoms. The van der Waals surface area contributed by atoms with Crippen LogP contribution in [0.2, 0.25) is 0 Å². The highest BCUT2D eigenvalue weighted by Gasteiger charge is 2.27. The molecule has 1 aliphatic carbocycles. The van der Waals surface area contributed by atoms with Gasteiger partial charge in [-0.15, -0.1) is 0 Å². The number of carbonyl (C=O) groups is 1. The van der Waals surface area contributed by atoms with E-state index in [0.29, 0.717) is 6.04 Å². The Morgan fingerprint density at radius 1 is 1.18 bits per heavy atom. The lowest BCUT2D eigenvalue weighted by atomic mass is 10.2. The molecule has 1 rings (SSSR count). The first-order valence-electron chi connectivity index (χ1n) is 8.21. The van der Waals surface area contributed by atoms with Gasteiger partial charge in [-0.05, 0) is 54.1 Å². The fourth-order valence-corrected chi connectivity index (χ4v) is 2.46. The molecule has 2 unspecified atom stereocenters. The minimum atomic E-state index is -0.440. The molecular formula is C16H33N3O3. The summed E-state index contributed by atoms with van der Waals surface area (Å²) in [5.74, 6) is 0. The molecule has 1 saturated carbocycles. The second kappa shape index (κ2) is 9.33. The molecule has 0 aromatic heterocycles. The number of amides is 1. The van der Waals surface area contributed by atoms with Crippen molar-refractivity contribution in [3.8, 4) is 0 Å². The smallest absolute Gasteiger partial charge is 0.407 e. The number of likely N-dealkylation sites (N-methyl/N-ethyl adjacent to an activating group) is 1. The lowest BCUT2D eigenvalue weighted by molar-refractivity contribution is 0.0505. The molecule has 6 nitrogen and oxygen atoms in total. The average Bonchev–Trinajstić information content (AvgIpc) is 2.78. The normalized spacial score (nSPS) is 22.1. The summed E-state index contributed by atoms with van der Waals surface area (Å²) < 4.78 is 10.8. The first-order valence-corrected chi connectivity index (χ1v) is 8.21. The Morgan fingerprint density at radius 2 is 1.86 bits per heavy atom. The third-order valence-electron chi connectivity index (χ3n) is 3.52. The van der Waals surface area contributed by atoms with E-state index in [1.165, 1.54) is 0 Å². The summed E-state index contributed by atoms with van der Waals surface area (Å²) in [5.41, 5.74) is -0.440. The average molecular weight is 315 g/mol. The van der Waals surface area contributed by atoms with Crippen molar-refractivity contribution in [2.45, 2.75) is 57.7 Å². The molecule has 130 valence electrons. The van der Waals surface area contributed by atoms with Crippen molar-refractivity contribution in [1.82, 2.24) is 15.5 Å². The van der Waals surface area contributed by atoms with E-state index >= 15 is 0 Å². The van der Waals surface area contributed by atoms with Gasteiger partial charge in [-0.2, -0.15) is 0 Å². The van der Waals surface area contributed by atoms with Gasteiger partial charge < -0.3 is 25.0 Å². The third kappa shape index (κ3) is 9.23. The molecule has 0 spiro atoms. The standard InChI is InChI=1S/C16H33N3O3/c1-16(2,3)22-15(20)18-14-7-6-13(12-14)17-8-10-21-11-9-19(4)5/h13-14,17H,6-12H2,1-5H3,(H,18,20). The predicted molar refractivity (Wildman–Crippen MR) is 88.2 cm³/mol. The molecule has 0 bridgehead atoms. The Morgan fingerprint density at radius 3 is 2.50 bits per heavy atom. The zero-order chi connectivity index (χ0) is 16.6. The summed E-state index contributed by atoms with van der Waals surface area (Å²) in [6, 6.07) is 0.666. The van der Waals surface area contributed by atoms with Crippen LogP contribution in [-0.2, 0) is 9.47 Å². The van der Waals surface area contributed by atoms with Gasteiger partial charge in [0, 0.05) is 25.2 Å². The molecule has 2 atom stereocenters. The molecule has 0 saturated heterocycles. The van der Waals surface area contributed by atoms with Crippen LogP contribution in [0.1, 0.15) is 40.0 Å². The molecule has 2 N–H and O–H groups in total. The van der Waals surface area contributed by atoms with E-state index in [-0.39, 0.29) is 12.1 Å². The quantitative estimate of drug-likeness (QED) is 0.666. The number of rotatable bonds is 8. The zero-order valence-corrected chi connectivity index (χ0v) is 14.8. The largest absolute Gasteiger partial charge is 0.444 e. The summed E-state index contributed by atoms with van der Waals surface area (Å²) in [7, 11) is 4.08. The first kappa shape index (κ1) is 19.2. The molecule has 0 radical (unpaired) electrons. The Bertz CT molecular complexity index is 329. The van der Waals surface area contributed by atoms with Crippen LogP contribution in [0.25, 0.3) is 0 Å². The number of alkyl carbamates (subject to hydrolysis) is 1. The van der Waals surface area contributed by atoms with E-state index in [4.69, 9.17) is 9.47 Å². The maximum absolute atomic E-state index is 11.7. The SMILES string of the molecule is CN(C)CCOCCNC1CCC(NC(=O)OC(C)(C)C)C1. The summed E-state index contributed by atoms with van der Waals surface area (Å²) in [5, 5.41) is 6.44. The molecule has 0 heterocycles. The molecule has 0 aromatic rings. The van der Waals surface area contributed by atoms with Gasteiger partial charge in [-0.1, -0.05) is 0 Å². The first-order chi connectivity index (χ1) is 10.3. The summed E-state index contributed by atoms with van der Waals surface area (Å²) in [6.45, 7) is 8.94. The summed E-state index contributed by atoms with van der Waals surface area (Å²) in [6.07, 6.45) is 2.72. The predicted octanol–water partition coefficient (Wildman–Crippen LogP) is 1.60. The van der Waals surface area contributed by atoms with Crippen LogP contribution in [0.15, 0.2) is 0 Å². The van der Waals surface area contributed by atoms with Gasteiger partial charge in [0.1, 0.15) is 5.60 Å². The maximum Gasteiger partial charge on any atom is 0.407 e. The van der Waals surface area contributed by atoms with Crippen molar-refractivity contribution >= 4 is 6.09 Å². The maximum atomic E-state index is 11.7. The van der Waals surface area contributed by atoms with Gasteiger partial charge in [0.2, 0.25) is 0 Å². The second-order valence-corrected chi connectivity index (χ2v) is 7.22. The van der Waals surface area contributed by atoms with Crippen LogP contribution in [0.3, 0.4) is 0 Å². The van der Waals surface area contributed by atoms with Crippen LogP contribution >= 0.6 is 0 Å². The van der Waals surface area contributed by atoms with Gasteiger partial charge in [-0.25, -0.2) is 4.79 Å². The van der Waals surface area contributed by atoms with Crippen LogP contribution in [-0.4, -0.2) is 69.1 Å². The molecule has 1 aliphatic rings. The van der Waals surface area contributed by atoms with Crippen molar-refractivity contribution in [3.63, 3.8) is 0 Å². The third-order valence-corrected chi connectivity index (χ3v) is 3.52. The summed E-state index contributed by atoms with van der Waals surface area (Å²) in [4.78, 5) is 13.8. The molecular weight excluding hydrogens is 282 g/mol. The van der Waals surface area contributed by atoms with Gasteiger partial charge in [0.05, 0.1) is 13.2 Å². The molecule has 1 amide bonds. The molecule has 6 heteroatoms. The van der Waals surface area contributed by atoms with Gasteiger partial charge >= 0.3 is 6.09 Å². The van der Waals surface area contributed by atoms with Crippen LogP contribution in [0, 0.1) is 0 Å². The molecule has 0 aromatic carbocycles. The van der Waals surface area contributed by atoms with E-state index in [9.17, 15) is 4.79 Å². The fraction of sp³-hybridized carbons (Fsp3) is 0.938. The number of carbonyl (C=O) groups excluding carboxylic acids is 1. The fourth-order valence-electron chi connectivity index (χ4n) is 2.46. The van der Waals surface area contributed by atoms with Crippen molar-refractivity contribution in [2.24, 2.45) is 0 Å². The number of ether oxygens (including phenoxy) is 2. The highest BCUT2D eigenvalue weighted by atomic mass is 16.6. The molecule has 0 aliphatic heterocycles. The van der Waals surface area contributed by atoms with Crippen molar-refractivity contribution in [2.75, 3.05) is 40.4 Å². The van der Waals surface area contributed by atoms with E-state index < -0.39 is 5.60 Å². The van der Waals surface area contributed by atoms with E-state index in [1.807, 2.05) is 34.9 Å². The monoisotopic (exact) mass is 315 g/mol. The lowest BCUT2D eigenvalue weighted by Gasteiger charge is -2.21. The van der Waals surface area contributed by atoms with Crippen molar-refractivity contribution in [3.05, 3.63) is 0 Å². The van der Waals surface area contributed by atoms with Crippen molar-refractivity contribution < 1.29 is 14.3 Å². The second-order valence-electron chi connectivity index (χ2n) is 7.22. The number of nitrogens with one attached hydrogen (secondary N) is 2. The topological polar surface area (TPSA) is 62.8 Å². The number of hydrogen-bond donors (Lipinski definition) is 2. The molecule has 1 fully saturated rings. The Hall–Kier alpha value is -0.850. The summed E-state index contributed by atoms with van der Waals surface area (Å²) >= 11 is 0. The van der Waals surface area contributed by atoms with Crippen LogP contribution in [0.5, 0.6) is 0 Å². The minimum absolute atomic E-state index is 0.210. The Balaban J connectivity index is 2.07. The highest BCUT2D eigenvalue weighted by molar-refractivity contribution is 5.68. The Labute approximate surface area is 134 Å². The zero-order valence-electron chi connectivity index (χ0n) is 14.8. The number of hydrogen-bond acceptors (Lipinski definition) is 5. The Kier molecular flexibility index (Phi) is 8.14. The van der Waals surface area contributed by atoms with Gasteiger partial charge in [-0.3, -0.25) is 0 Å².